The van der Waals surface area contributed by atoms with E-state index in [-0.39, 0.29) is 0 Å². The average molecular weight is 796 g/mol. The van der Waals surface area contributed by atoms with Gasteiger partial charge in [0.15, 0.2) is 0 Å². The van der Waals surface area contributed by atoms with Gasteiger partial charge >= 0.3 is 0 Å². The SMILES string of the molecule is Bc1c(B)c(B)c2c(c1B)c1c(B)c(-c3ccc4c(c3)c3cc(-c5ccccc5)ccc3n4-c3ccccc3-c3ccccc3)c(B)c(B)c1n2-c1cccc(-c2ccccc2)c1. The summed E-state index contributed by atoms with van der Waals surface area (Å²) >= 11 is 0. The quantitative estimate of drug-likeness (QED) is 0.229. The fourth-order valence-electron chi connectivity index (χ4n) is 10.6. The Kier molecular flexibility index (Phi) is 9.35. The molecule has 2 nitrogen and oxygen atoms in total. The lowest BCUT2D eigenvalue weighted by atomic mass is 9.64. The third-order valence-corrected chi connectivity index (χ3v) is 14.2. The molecule has 0 aliphatic heterocycles. The smallest absolute Gasteiger partial charge is 0.141 e. The maximum Gasteiger partial charge on any atom is 0.141 e. The first-order valence-corrected chi connectivity index (χ1v) is 22.2. The molecule has 2 heterocycles. The highest BCUT2D eigenvalue weighted by molar-refractivity contribution is 6.69. The molecule has 63 heavy (non-hydrogen) atoms. The number of nitrogens with zero attached hydrogens (tertiary/aromatic N) is 2. The van der Waals surface area contributed by atoms with Gasteiger partial charge in [-0.1, -0.05) is 166 Å². The summed E-state index contributed by atoms with van der Waals surface area (Å²) in [6.45, 7) is 0. The molecule has 0 unspecified atom stereocenters. The summed E-state index contributed by atoms with van der Waals surface area (Å²) in [7, 11) is 16.3. The molecule has 9 aromatic carbocycles. The summed E-state index contributed by atoms with van der Waals surface area (Å²) in [4.78, 5) is 0. The monoisotopic (exact) mass is 796 g/mol. The van der Waals surface area contributed by atoms with Crippen molar-refractivity contribution in [1.29, 1.82) is 0 Å². The van der Waals surface area contributed by atoms with Crippen molar-refractivity contribution in [3.05, 3.63) is 176 Å². The fourth-order valence-corrected chi connectivity index (χ4v) is 10.6. The van der Waals surface area contributed by atoms with E-state index in [0.29, 0.717) is 0 Å². The third kappa shape index (κ3) is 6.04. The van der Waals surface area contributed by atoms with Crippen LogP contribution < -0.4 is 38.2 Å². The lowest BCUT2D eigenvalue weighted by Gasteiger charge is -2.19. The van der Waals surface area contributed by atoms with E-state index in [1.165, 1.54) is 138 Å². The van der Waals surface area contributed by atoms with E-state index in [4.69, 9.17) is 0 Å². The number of benzene rings is 9. The van der Waals surface area contributed by atoms with Crippen molar-refractivity contribution in [2.45, 2.75) is 0 Å². The standard InChI is InChI=1S/C54H43B7N2/c55-46-43(47(56)51(60)53-44(46)45-48(57)49(58)50(59)52(61)54(45)62(53)36-20-12-19-33(27-36)30-13-4-1-5-14-30)35-24-26-42-39(29-35)38-28-34(31-15-6-2-7-16-31)23-25-41(38)63(42)40-22-11-10-21-37(40)32-17-8-3-9-18-32/h1-29H,55-61H2. The topological polar surface area (TPSA) is 9.86 Å². The minimum absolute atomic E-state index is 1.18. The summed E-state index contributed by atoms with van der Waals surface area (Å²) < 4.78 is 5.06. The van der Waals surface area contributed by atoms with Crippen LogP contribution in [0, 0.1) is 0 Å². The van der Waals surface area contributed by atoms with Crippen molar-refractivity contribution >= 4 is 137 Å². The third-order valence-electron chi connectivity index (χ3n) is 14.2. The van der Waals surface area contributed by atoms with Gasteiger partial charge in [-0.3, -0.25) is 0 Å². The molecule has 0 spiro atoms. The van der Waals surface area contributed by atoms with Gasteiger partial charge in [0.05, 0.1) is 16.7 Å². The Balaban J connectivity index is 1.21. The summed E-state index contributed by atoms with van der Waals surface area (Å²) in [5, 5.41) is 5.21. The summed E-state index contributed by atoms with van der Waals surface area (Å²) in [6.07, 6.45) is 0. The van der Waals surface area contributed by atoms with Gasteiger partial charge in [-0.2, -0.15) is 0 Å². The van der Waals surface area contributed by atoms with Crippen molar-refractivity contribution in [3.63, 3.8) is 0 Å². The Labute approximate surface area is 375 Å². The molecule has 11 aromatic rings. The highest BCUT2D eigenvalue weighted by Crippen LogP contribution is 2.40. The van der Waals surface area contributed by atoms with Crippen LogP contribution in [0.4, 0.5) is 0 Å². The second kappa shape index (κ2) is 15.1. The normalized spacial score (nSPS) is 11.6. The number of hydrogen-bond acceptors (Lipinski definition) is 0. The second-order valence-corrected chi connectivity index (χ2v) is 17.5. The predicted octanol–water partition coefficient (Wildman–Crippen LogP) is 2.36. The molecule has 0 aliphatic carbocycles. The second-order valence-electron chi connectivity index (χ2n) is 17.5. The minimum Gasteiger partial charge on any atom is -0.310 e. The molecule has 9 heteroatoms. The van der Waals surface area contributed by atoms with Crippen LogP contribution in [0.2, 0.25) is 0 Å². The average Bonchev–Trinajstić information content (AvgIpc) is 3.87. The van der Waals surface area contributed by atoms with Crippen LogP contribution in [-0.4, -0.2) is 64.1 Å². The van der Waals surface area contributed by atoms with Crippen LogP contribution in [0.25, 0.3) is 99.5 Å². The van der Waals surface area contributed by atoms with Gasteiger partial charge in [-0.15, -0.1) is 5.46 Å². The Morgan fingerprint density at radius 2 is 0.778 bits per heavy atom. The van der Waals surface area contributed by atoms with E-state index < -0.39 is 0 Å². The van der Waals surface area contributed by atoms with Gasteiger partial charge in [0.25, 0.3) is 0 Å². The van der Waals surface area contributed by atoms with Crippen LogP contribution in [-0.2, 0) is 0 Å². The van der Waals surface area contributed by atoms with Gasteiger partial charge in [0.1, 0.15) is 54.9 Å². The minimum atomic E-state index is 1.18. The van der Waals surface area contributed by atoms with Crippen LogP contribution >= 0.6 is 0 Å². The predicted molar refractivity (Wildman–Crippen MR) is 294 cm³/mol. The lowest BCUT2D eigenvalue weighted by Crippen LogP contribution is -2.48. The van der Waals surface area contributed by atoms with E-state index >= 15 is 0 Å². The van der Waals surface area contributed by atoms with Gasteiger partial charge < -0.3 is 9.13 Å². The van der Waals surface area contributed by atoms with Crippen LogP contribution in [0.15, 0.2) is 176 Å². The van der Waals surface area contributed by atoms with E-state index in [1.807, 2.05) is 0 Å². The number of hydrogen-bond donors (Lipinski definition) is 0. The molecule has 290 valence electrons. The Hall–Kier alpha value is -6.97. The van der Waals surface area contributed by atoms with Crippen molar-refractivity contribution in [1.82, 2.24) is 9.13 Å². The molecule has 0 amide bonds. The summed E-state index contributed by atoms with van der Waals surface area (Å²) in [6, 6.07) is 64.5. The van der Waals surface area contributed by atoms with E-state index in [2.05, 4.69) is 240 Å². The maximum atomic E-state index is 2.58. The molecule has 11 rings (SSSR count). The highest BCUT2D eigenvalue weighted by atomic mass is 15.0. The molecule has 2 aromatic heterocycles. The van der Waals surface area contributed by atoms with Crippen molar-refractivity contribution in [2.24, 2.45) is 0 Å². The Morgan fingerprint density at radius 1 is 0.302 bits per heavy atom. The highest BCUT2D eigenvalue weighted by Gasteiger charge is 2.26. The molecule has 0 saturated heterocycles. The maximum absolute atomic E-state index is 2.58. The van der Waals surface area contributed by atoms with Gasteiger partial charge in [0, 0.05) is 38.4 Å². The van der Waals surface area contributed by atoms with Crippen LogP contribution in [0.1, 0.15) is 0 Å². The number of aromatic nitrogens is 2. The largest absolute Gasteiger partial charge is 0.310 e. The van der Waals surface area contributed by atoms with E-state index in [9.17, 15) is 0 Å². The van der Waals surface area contributed by atoms with E-state index in [1.54, 1.807) is 0 Å². The first-order valence-electron chi connectivity index (χ1n) is 22.2. The summed E-state index contributed by atoms with van der Waals surface area (Å²) in [5.41, 5.74) is 26.6. The molecule has 0 atom stereocenters. The number of rotatable bonds is 6. The molecule has 0 bridgehead atoms. The zero-order valence-corrected chi connectivity index (χ0v) is 37.1. The van der Waals surface area contributed by atoms with Crippen molar-refractivity contribution in [3.8, 4) is 55.9 Å². The number of para-hydroxylation sites is 1. The lowest BCUT2D eigenvalue weighted by molar-refractivity contribution is 1.18. The molecule has 0 fully saturated rings. The zero-order chi connectivity index (χ0) is 43.1. The molecule has 0 saturated carbocycles. The van der Waals surface area contributed by atoms with Gasteiger partial charge in [-0.05, 0) is 86.8 Å². The Morgan fingerprint density at radius 3 is 1.41 bits per heavy atom. The number of fused-ring (bicyclic) bond motifs is 6. The first kappa shape index (κ1) is 38.9. The van der Waals surface area contributed by atoms with Gasteiger partial charge in [-0.25, -0.2) is 0 Å². The molecule has 0 radical (unpaired) electrons. The Bertz CT molecular complexity index is 3630. The van der Waals surface area contributed by atoms with Crippen molar-refractivity contribution in [2.75, 3.05) is 0 Å². The van der Waals surface area contributed by atoms with Gasteiger partial charge in [0.2, 0.25) is 0 Å². The molecule has 0 aliphatic rings. The molecular weight excluding hydrogens is 752 g/mol. The van der Waals surface area contributed by atoms with Crippen LogP contribution in [0.3, 0.4) is 0 Å². The first-order chi connectivity index (χ1) is 30.7. The zero-order valence-electron chi connectivity index (χ0n) is 37.1. The van der Waals surface area contributed by atoms with E-state index in [0.717, 1.165) is 0 Å². The van der Waals surface area contributed by atoms with Crippen molar-refractivity contribution < 1.29 is 0 Å². The summed E-state index contributed by atoms with van der Waals surface area (Å²) in [5.74, 6) is 0. The molecular formula is C54H43B7N2. The van der Waals surface area contributed by atoms with Crippen LogP contribution in [0.5, 0.6) is 0 Å². The molecule has 0 N–H and O–H groups in total. The fraction of sp³-hybridized carbons (Fsp3) is 0.